The molecular weight excluding hydrogens is 228 g/mol. The van der Waals surface area contributed by atoms with Crippen molar-refractivity contribution < 1.29 is 9.53 Å². The predicted molar refractivity (Wildman–Crippen MR) is 73.8 cm³/mol. The third-order valence-electron chi connectivity index (χ3n) is 3.06. The first kappa shape index (κ1) is 14.5. The van der Waals surface area contributed by atoms with Crippen LogP contribution in [0.25, 0.3) is 0 Å². The number of carbonyl (C=O) groups is 1. The maximum Gasteiger partial charge on any atom is 0.224 e. The maximum absolute atomic E-state index is 11.8. The van der Waals surface area contributed by atoms with E-state index in [0.29, 0.717) is 13.0 Å². The van der Waals surface area contributed by atoms with Gasteiger partial charge in [0, 0.05) is 12.1 Å². The average Bonchev–Trinajstić information content (AvgIpc) is 2.36. The molecule has 1 aromatic rings. The number of carbonyl (C=O) groups excluding carboxylic acids is 1. The van der Waals surface area contributed by atoms with Crippen LogP contribution in [0.15, 0.2) is 18.2 Å². The molecule has 0 aliphatic heterocycles. The Balaban J connectivity index is 2.62. The van der Waals surface area contributed by atoms with Gasteiger partial charge in [-0.05, 0) is 43.1 Å². The van der Waals surface area contributed by atoms with Crippen molar-refractivity contribution in [2.45, 2.75) is 26.7 Å². The lowest BCUT2D eigenvalue weighted by molar-refractivity contribution is -0.117. The monoisotopic (exact) mass is 250 g/mol. The van der Waals surface area contributed by atoms with E-state index in [1.54, 1.807) is 7.11 Å². The minimum atomic E-state index is 0.0110. The number of nitrogens with one attached hydrogen (secondary N) is 1. The van der Waals surface area contributed by atoms with E-state index < -0.39 is 0 Å². The van der Waals surface area contributed by atoms with Crippen LogP contribution in [0.1, 0.15) is 25.3 Å². The molecule has 0 bridgehead atoms. The van der Waals surface area contributed by atoms with Crippen LogP contribution in [-0.2, 0) is 4.79 Å². The van der Waals surface area contributed by atoms with Crippen LogP contribution in [0.3, 0.4) is 0 Å². The molecule has 0 aliphatic rings. The Bertz CT molecular complexity index is 401. The molecule has 4 heteroatoms. The number of amides is 1. The smallest absolute Gasteiger partial charge is 0.224 e. The number of hydrogen-bond donors (Lipinski definition) is 2. The van der Waals surface area contributed by atoms with E-state index in [0.717, 1.165) is 23.4 Å². The van der Waals surface area contributed by atoms with Crippen LogP contribution in [0.5, 0.6) is 5.75 Å². The molecule has 0 radical (unpaired) electrons. The van der Waals surface area contributed by atoms with Gasteiger partial charge >= 0.3 is 0 Å². The second kappa shape index (κ2) is 7.01. The zero-order valence-electron chi connectivity index (χ0n) is 11.3. The maximum atomic E-state index is 11.8. The molecule has 100 valence electrons. The Kier molecular flexibility index (Phi) is 5.65. The number of nitrogens with two attached hydrogens (primary N) is 1. The van der Waals surface area contributed by atoms with Crippen LogP contribution in [-0.4, -0.2) is 19.6 Å². The molecule has 0 fully saturated rings. The first-order valence-corrected chi connectivity index (χ1v) is 6.25. The molecule has 0 heterocycles. The Morgan fingerprint density at radius 2 is 2.22 bits per heavy atom. The van der Waals surface area contributed by atoms with Gasteiger partial charge in [-0.1, -0.05) is 13.3 Å². The van der Waals surface area contributed by atoms with Gasteiger partial charge in [0.25, 0.3) is 0 Å². The minimum absolute atomic E-state index is 0.0110. The lowest BCUT2D eigenvalue weighted by atomic mass is 10.0. The fourth-order valence-electron chi connectivity index (χ4n) is 1.82. The summed E-state index contributed by atoms with van der Waals surface area (Å²) in [6, 6.07) is 5.60. The normalized spacial score (nSPS) is 12.0. The van der Waals surface area contributed by atoms with Gasteiger partial charge in [-0.25, -0.2) is 0 Å². The summed E-state index contributed by atoms with van der Waals surface area (Å²) in [5, 5.41) is 2.88. The highest BCUT2D eigenvalue weighted by Gasteiger charge is 2.11. The van der Waals surface area contributed by atoms with E-state index in [1.807, 2.05) is 32.0 Å². The summed E-state index contributed by atoms with van der Waals surface area (Å²) in [4.78, 5) is 11.8. The zero-order chi connectivity index (χ0) is 13.5. The molecule has 1 unspecified atom stereocenters. The van der Waals surface area contributed by atoms with Gasteiger partial charge in [0.15, 0.2) is 0 Å². The van der Waals surface area contributed by atoms with Gasteiger partial charge in [0.1, 0.15) is 5.75 Å². The number of rotatable bonds is 6. The topological polar surface area (TPSA) is 64.4 Å². The van der Waals surface area contributed by atoms with Gasteiger partial charge in [0.05, 0.1) is 7.11 Å². The summed E-state index contributed by atoms with van der Waals surface area (Å²) in [6.45, 7) is 4.54. The standard InChI is InChI=1S/C14H22N2O2/c1-4-11(9-15)8-14(17)16-12-5-6-13(18-3)10(2)7-12/h5-7,11H,4,8-9,15H2,1-3H3,(H,16,17). The summed E-state index contributed by atoms with van der Waals surface area (Å²) >= 11 is 0. The molecule has 1 amide bonds. The van der Waals surface area contributed by atoms with Crippen molar-refractivity contribution in [3.63, 3.8) is 0 Å². The lowest BCUT2D eigenvalue weighted by Crippen LogP contribution is -2.21. The van der Waals surface area contributed by atoms with Crippen molar-refractivity contribution in [3.8, 4) is 5.75 Å². The molecule has 0 aliphatic carbocycles. The lowest BCUT2D eigenvalue weighted by Gasteiger charge is -2.13. The molecule has 1 rings (SSSR count). The van der Waals surface area contributed by atoms with Crippen molar-refractivity contribution in [2.24, 2.45) is 11.7 Å². The van der Waals surface area contributed by atoms with E-state index >= 15 is 0 Å². The van der Waals surface area contributed by atoms with E-state index in [9.17, 15) is 4.79 Å². The zero-order valence-corrected chi connectivity index (χ0v) is 11.3. The Labute approximate surface area is 109 Å². The Morgan fingerprint density at radius 3 is 2.72 bits per heavy atom. The second-order valence-electron chi connectivity index (χ2n) is 4.45. The summed E-state index contributed by atoms with van der Waals surface area (Å²) in [6.07, 6.45) is 1.39. The van der Waals surface area contributed by atoms with Gasteiger partial charge in [-0.15, -0.1) is 0 Å². The highest BCUT2D eigenvalue weighted by molar-refractivity contribution is 5.91. The molecule has 4 nitrogen and oxygen atoms in total. The third kappa shape index (κ3) is 4.04. The van der Waals surface area contributed by atoms with E-state index in [1.165, 1.54) is 0 Å². The summed E-state index contributed by atoms with van der Waals surface area (Å²) in [5.41, 5.74) is 7.39. The molecule has 0 saturated carbocycles. The molecule has 3 N–H and O–H groups in total. The number of benzene rings is 1. The molecule has 0 saturated heterocycles. The van der Waals surface area contributed by atoms with Crippen LogP contribution in [0.4, 0.5) is 5.69 Å². The average molecular weight is 250 g/mol. The summed E-state index contributed by atoms with van der Waals surface area (Å²) in [7, 11) is 1.63. The minimum Gasteiger partial charge on any atom is -0.496 e. The Hall–Kier alpha value is -1.55. The summed E-state index contributed by atoms with van der Waals surface area (Å²) < 4.78 is 5.18. The Morgan fingerprint density at radius 1 is 1.50 bits per heavy atom. The van der Waals surface area contributed by atoms with Crippen LogP contribution in [0, 0.1) is 12.8 Å². The van der Waals surface area contributed by atoms with Crippen molar-refractivity contribution in [1.29, 1.82) is 0 Å². The molecule has 18 heavy (non-hydrogen) atoms. The number of hydrogen-bond acceptors (Lipinski definition) is 3. The van der Waals surface area contributed by atoms with Crippen molar-refractivity contribution in [1.82, 2.24) is 0 Å². The van der Waals surface area contributed by atoms with Crippen molar-refractivity contribution in [2.75, 3.05) is 19.0 Å². The van der Waals surface area contributed by atoms with Gasteiger partial charge < -0.3 is 15.8 Å². The first-order valence-electron chi connectivity index (χ1n) is 6.25. The fourth-order valence-corrected chi connectivity index (χ4v) is 1.82. The van der Waals surface area contributed by atoms with E-state index in [-0.39, 0.29) is 11.8 Å². The first-order chi connectivity index (χ1) is 8.60. The highest BCUT2D eigenvalue weighted by Crippen LogP contribution is 2.21. The molecule has 0 spiro atoms. The fraction of sp³-hybridized carbons (Fsp3) is 0.500. The largest absolute Gasteiger partial charge is 0.496 e. The van der Waals surface area contributed by atoms with E-state index in [4.69, 9.17) is 10.5 Å². The quantitative estimate of drug-likeness (QED) is 0.814. The SMILES string of the molecule is CCC(CN)CC(=O)Nc1ccc(OC)c(C)c1. The number of ether oxygens (including phenoxy) is 1. The summed E-state index contributed by atoms with van der Waals surface area (Å²) in [5.74, 6) is 1.09. The second-order valence-corrected chi connectivity index (χ2v) is 4.45. The molecule has 1 aromatic carbocycles. The van der Waals surface area contributed by atoms with Crippen LogP contribution >= 0.6 is 0 Å². The van der Waals surface area contributed by atoms with Crippen molar-refractivity contribution >= 4 is 11.6 Å². The van der Waals surface area contributed by atoms with Gasteiger partial charge in [-0.2, -0.15) is 0 Å². The predicted octanol–water partition coefficient (Wildman–Crippen LogP) is 2.32. The molecular formula is C14H22N2O2. The number of methoxy groups -OCH3 is 1. The van der Waals surface area contributed by atoms with Gasteiger partial charge in [-0.3, -0.25) is 4.79 Å². The van der Waals surface area contributed by atoms with Crippen LogP contribution < -0.4 is 15.8 Å². The van der Waals surface area contributed by atoms with E-state index in [2.05, 4.69) is 5.32 Å². The molecule has 1 atom stereocenters. The van der Waals surface area contributed by atoms with Gasteiger partial charge in [0.2, 0.25) is 5.91 Å². The number of anilines is 1. The highest BCUT2D eigenvalue weighted by atomic mass is 16.5. The third-order valence-corrected chi connectivity index (χ3v) is 3.06. The van der Waals surface area contributed by atoms with Crippen LogP contribution in [0.2, 0.25) is 0 Å². The van der Waals surface area contributed by atoms with Crippen molar-refractivity contribution in [3.05, 3.63) is 23.8 Å². The number of aryl methyl sites for hydroxylation is 1. The molecule has 0 aromatic heterocycles.